The molecule has 0 saturated carbocycles. The van der Waals surface area contributed by atoms with E-state index in [0.29, 0.717) is 0 Å². The number of benzene rings is 1. The highest BCUT2D eigenvalue weighted by molar-refractivity contribution is 9.11. The van der Waals surface area contributed by atoms with Gasteiger partial charge in [-0.25, -0.2) is 12.8 Å². The van der Waals surface area contributed by atoms with Crippen LogP contribution in [0.2, 0.25) is 0 Å². The van der Waals surface area contributed by atoms with Gasteiger partial charge in [0.25, 0.3) is 15.9 Å². The summed E-state index contributed by atoms with van der Waals surface area (Å²) >= 11 is 4.42. The van der Waals surface area contributed by atoms with Crippen molar-refractivity contribution in [3.8, 4) is 0 Å². The summed E-state index contributed by atoms with van der Waals surface area (Å²) in [7, 11) is -3.54. The molecule has 1 aromatic carbocycles. The van der Waals surface area contributed by atoms with Crippen molar-refractivity contribution in [1.29, 1.82) is 0 Å². The summed E-state index contributed by atoms with van der Waals surface area (Å²) in [5, 5.41) is 0. The van der Waals surface area contributed by atoms with E-state index in [1.165, 1.54) is 22.5 Å². The third-order valence-electron chi connectivity index (χ3n) is 3.74. The minimum absolute atomic E-state index is 0.221. The molecule has 1 aromatic heterocycles. The van der Waals surface area contributed by atoms with E-state index in [2.05, 4.69) is 15.9 Å². The standard InChI is InChI=1S/C15H14BrFN2O3S2/c16-13-4-5-14(23-13)24(21,22)19-8-6-18(7-9-19)15(20)11-2-1-3-12(17)10-11/h1-5,10H,6-9H2. The minimum atomic E-state index is -3.54. The summed E-state index contributed by atoms with van der Waals surface area (Å²) < 4.78 is 40.8. The second-order valence-electron chi connectivity index (χ2n) is 5.27. The highest BCUT2D eigenvalue weighted by Crippen LogP contribution is 2.29. The second-order valence-corrected chi connectivity index (χ2v) is 9.89. The van der Waals surface area contributed by atoms with Gasteiger partial charge >= 0.3 is 0 Å². The van der Waals surface area contributed by atoms with Crippen LogP contribution in [0.1, 0.15) is 10.4 Å². The smallest absolute Gasteiger partial charge is 0.254 e. The van der Waals surface area contributed by atoms with Gasteiger partial charge in [0.05, 0.1) is 3.79 Å². The summed E-state index contributed by atoms with van der Waals surface area (Å²) in [4.78, 5) is 13.9. The molecule has 24 heavy (non-hydrogen) atoms. The van der Waals surface area contributed by atoms with Crippen LogP contribution >= 0.6 is 27.3 Å². The lowest BCUT2D eigenvalue weighted by molar-refractivity contribution is 0.0697. The predicted molar refractivity (Wildman–Crippen MR) is 93.1 cm³/mol. The molecule has 1 amide bonds. The third-order valence-corrected chi connectivity index (χ3v) is 7.73. The zero-order valence-corrected chi connectivity index (χ0v) is 15.7. The number of hydrogen-bond donors (Lipinski definition) is 0. The van der Waals surface area contributed by atoms with Crippen molar-refractivity contribution >= 4 is 43.2 Å². The number of nitrogens with zero attached hydrogens (tertiary/aromatic N) is 2. The van der Waals surface area contributed by atoms with Crippen LogP contribution in [-0.4, -0.2) is 49.7 Å². The van der Waals surface area contributed by atoms with Gasteiger partial charge in [0, 0.05) is 31.7 Å². The first-order valence-electron chi connectivity index (χ1n) is 7.18. The summed E-state index contributed by atoms with van der Waals surface area (Å²) in [5.74, 6) is -0.754. The van der Waals surface area contributed by atoms with E-state index >= 15 is 0 Å². The first-order valence-corrected chi connectivity index (χ1v) is 10.2. The molecule has 128 valence electrons. The van der Waals surface area contributed by atoms with E-state index in [4.69, 9.17) is 0 Å². The van der Waals surface area contributed by atoms with Gasteiger partial charge in [-0.05, 0) is 46.3 Å². The van der Waals surface area contributed by atoms with E-state index in [1.807, 2.05) is 0 Å². The number of carbonyl (C=O) groups excluding carboxylic acids is 1. The van der Waals surface area contributed by atoms with E-state index < -0.39 is 15.8 Å². The molecule has 0 spiro atoms. The fraction of sp³-hybridized carbons (Fsp3) is 0.267. The molecule has 0 radical (unpaired) electrons. The average molecular weight is 433 g/mol. The third kappa shape index (κ3) is 3.53. The van der Waals surface area contributed by atoms with Crippen molar-refractivity contribution in [2.75, 3.05) is 26.2 Å². The van der Waals surface area contributed by atoms with Crippen molar-refractivity contribution in [1.82, 2.24) is 9.21 Å². The first-order chi connectivity index (χ1) is 11.4. The lowest BCUT2D eigenvalue weighted by atomic mass is 10.2. The Kier molecular flexibility index (Phi) is 5.05. The maximum atomic E-state index is 13.2. The van der Waals surface area contributed by atoms with Crippen LogP contribution in [0, 0.1) is 5.82 Å². The Morgan fingerprint density at radius 3 is 2.42 bits per heavy atom. The number of piperazine rings is 1. The predicted octanol–water partition coefficient (Wildman–Crippen LogP) is 2.80. The second kappa shape index (κ2) is 6.91. The topological polar surface area (TPSA) is 57.7 Å². The molecule has 0 atom stereocenters. The van der Waals surface area contributed by atoms with Gasteiger partial charge in [-0.15, -0.1) is 11.3 Å². The van der Waals surface area contributed by atoms with Crippen LogP contribution < -0.4 is 0 Å². The van der Waals surface area contributed by atoms with E-state index in [0.717, 1.165) is 15.1 Å². The number of thiophene rings is 1. The van der Waals surface area contributed by atoms with Gasteiger partial charge in [-0.3, -0.25) is 4.79 Å². The van der Waals surface area contributed by atoms with Gasteiger partial charge in [0.15, 0.2) is 0 Å². The maximum Gasteiger partial charge on any atom is 0.254 e. The highest BCUT2D eigenvalue weighted by Gasteiger charge is 2.31. The van der Waals surface area contributed by atoms with Gasteiger partial charge in [0.1, 0.15) is 10.0 Å². The Labute approximate surface area is 151 Å². The molecule has 2 heterocycles. The van der Waals surface area contributed by atoms with Crippen molar-refractivity contribution in [3.05, 3.63) is 51.6 Å². The lowest BCUT2D eigenvalue weighted by Crippen LogP contribution is -2.50. The quantitative estimate of drug-likeness (QED) is 0.748. The first kappa shape index (κ1) is 17.5. The molecule has 2 aromatic rings. The number of sulfonamides is 1. The zero-order valence-electron chi connectivity index (χ0n) is 12.5. The largest absolute Gasteiger partial charge is 0.336 e. The normalized spacial score (nSPS) is 16.3. The van der Waals surface area contributed by atoms with E-state index in [9.17, 15) is 17.6 Å². The van der Waals surface area contributed by atoms with Crippen LogP contribution in [0.25, 0.3) is 0 Å². The van der Waals surface area contributed by atoms with Gasteiger partial charge in [-0.1, -0.05) is 6.07 Å². The van der Waals surface area contributed by atoms with Crippen LogP contribution in [-0.2, 0) is 10.0 Å². The van der Waals surface area contributed by atoms with Gasteiger partial charge < -0.3 is 4.90 Å². The fourth-order valence-corrected chi connectivity index (χ4v) is 6.09. The monoisotopic (exact) mass is 432 g/mol. The number of amides is 1. The Hall–Kier alpha value is -1.29. The minimum Gasteiger partial charge on any atom is -0.336 e. The summed E-state index contributed by atoms with van der Waals surface area (Å²) in [6.07, 6.45) is 0. The maximum absolute atomic E-state index is 13.2. The van der Waals surface area contributed by atoms with Crippen molar-refractivity contribution in [2.45, 2.75) is 4.21 Å². The highest BCUT2D eigenvalue weighted by atomic mass is 79.9. The van der Waals surface area contributed by atoms with Crippen LogP contribution in [0.15, 0.2) is 44.4 Å². The number of halogens is 2. The lowest BCUT2D eigenvalue weighted by Gasteiger charge is -2.33. The number of hydrogen-bond acceptors (Lipinski definition) is 4. The van der Waals surface area contributed by atoms with Crippen molar-refractivity contribution in [2.24, 2.45) is 0 Å². The molecule has 0 bridgehead atoms. The average Bonchev–Trinajstić information content (AvgIpc) is 3.01. The Bertz CT molecular complexity index is 861. The van der Waals surface area contributed by atoms with Crippen molar-refractivity contribution in [3.63, 3.8) is 0 Å². The number of rotatable bonds is 3. The molecule has 1 fully saturated rings. The summed E-state index contributed by atoms with van der Waals surface area (Å²) in [6, 6.07) is 8.76. The number of carbonyl (C=O) groups is 1. The molecule has 5 nitrogen and oxygen atoms in total. The van der Waals surface area contributed by atoms with E-state index in [-0.39, 0.29) is 41.9 Å². The SMILES string of the molecule is O=C(c1cccc(F)c1)N1CCN(S(=O)(=O)c2ccc(Br)s2)CC1. The summed E-state index contributed by atoms with van der Waals surface area (Å²) in [5.41, 5.74) is 0.272. The van der Waals surface area contributed by atoms with Crippen molar-refractivity contribution < 1.29 is 17.6 Å². The Morgan fingerprint density at radius 1 is 1.12 bits per heavy atom. The molecule has 0 N–H and O–H groups in total. The molecule has 1 saturated heterocycles. The molecular formula is C15H14BrFN2O3S2. The van der Waals surface area contributed by atoms with Gasteiger partial charge in [-0.2, -0.15) is 4.31 Å². The van der Waals surface area contributed by atoms with Crippen LogP contribution in [0.4, 0.5) is 4.39 Å². The molecule has 1 aliphatic heterocycles. The molecule has 0 aliphatic carbocycles. The Balaban J connectivity index is 1.68. The summed E-state index contributed by atoms with van der Waals surface area (Å²) in [6.45, 7) is 1.00. The molecule has 9 heteroatoms. The van der Waals surface area contributed by atoms with E-state index in [1.54, 1.807) is 23.1 Å². The molecular weight excluding hydrogens is 419 g/mol. The fourth-order valence-electron chi connectivity index (χ4n) is 2.50. The Morgan fingerprint density at radius 2 is 1.83 bits per heavy atom. The van der Waals surface area contributed by atoms with Crippen LogP contribution in [0.5, 0.6) is 0 Å². The molecule has 0 unspecified atom stereocenters. The zero-order chi connectivity index (χ0) is 17.3. The van der Waals surface area contributed by atoms with Crippen LogP contribution in [0.3, 0.4) is 0 Å². The van der Waals surface area contributed by atoms with Gasteiger partial charge in [0.2, 0.25) is 0 Å². The molecule has 1 aliphatic rings. The molecule has 3 rings (SSSR count).